The molecule has 0 unspecified atom stereocenters. The minimum atomic E-state index is -4.86. The van der Waals surface area contributed by atoms with Gasteiger partial charge < -0.3 is 5.32 Å². The molecule has 2 amide bonds. The number of alkyl halides is 6. The Hall–Kier alpha value is -3.05. The van der Waals surface area contributed by atoms with Crippen molar-refractivity contribution in [1.82, 2.24) is 20.5 Å². The number of hydrogen-bond acceptors (Lipinski definition) is 3. The maximum absolute atomic E-state index is 13.5. The van der Waals surface area contributed by atoms with Crippen LogP contribution >= 0.6 is 0 Å². The summed E-state index contributed by atoms with van der Waals surface area (Å²) in [6.45, 7) is 1.53. The molecule has 1 aromatic heterocycles. The molecule has 0 fully saturated rings. The number of nitrogens with one attached hydrogen (secondary N) is 2. The number of aromatic nitrogens is 2. The lowest BCUT2D eigenvalue weighted by molar-refractivity contribution is -0.141. The van der Waals surface area contributed by atoms with Crippen molar-refractivity contribution >= 4 is 11.7 Å². The zero-order valence-electron chi connectivity index (χ0n) is 13.5. The lowest BCUT2D eigenvalue weighted by Crippen LogP contribution is -2.48. The first-order valence-corrected chi connectivity index (χ1v) is 7.46. The smallest absolute Gasteiger partial charge is 0.328 e. The summed E-state index contributed by atoms with van der Waals surface area (Å²) in [5.74, 6) is 0. The first kappa shape index (κ1) is 18.7. The Labute approximate surface area is 147 Å². The van der Waals surface area contributed by atoms with Gasteiger partial charge in [-0.05, 0) is 25.1 Å². The zero-order chi connectivity index (χ0) is 20.0. The molecule has 2 N–H and O–H groups in total. The number of benzene rings is 1. The van der Waals surface area contributed by atoms with Crippen molar-refractivity contribution in [3.8, 4) is 5.69 Å². The van der Waals surface area contributed by atoms with Gasteiger partial charge in [0.25, 0.3) is 0 Å². The van der Waals surface area contributed by atoms with Gasteiger partial charge >= 0.3 is 18.4 Å². The summed E-state index contributed by atoms with van der Waals surface area (Å²) < 4.78 is 79.0. The molecule has 1 aliphatic rings. The minimum Gasteiger partial charge on any atom is -0.328 e. The van der Waals surface area contributed by atoms with E-state index in [1.54, 1.807) is 0 Å². The van der Waals surface area contributed by atoms with E-state index in [2.05, 4.69) is 20.9 Å². The molecule has 0 bridgehead atoms. The lowest BCUT2D eigenvalue weighted by atomic mass is 10.00. The van der Waals surface area contributed by atoms with Crippen LogP contribution in [0.15, 0.2) is 35.6 Å². The number of rotatable bonds is 2. The third-order valence-corrected chi connectivity index (χ3v) is 3.76. The number of nitrogens with zero attached hydrogens (tertiary/aromatic N) is 3. The highest BCUT2D eigenvalue weighted by Gasteiger charge is 2.37. The summed E-state index contributed by atoms with van der Waals surface area (Å²) in [6, 6.07) is 2.33. The Kier molecular flexibility index (Phi) is 4.36. The third-order valence-electron chi connectivity index (χ3n) is 3.76. The van der Waals surface area contributed by atoms with Crippen LogP contribution in [0.4, 0.5) is 31.1 Å². The highest BCUT2D eigenvalue weighted by atomic mass is 19.4. The van der Waals surface area contributed by atoms with Crippen molar-refractivity contribution in [2.24, 2.45) is 5.10 Å². The largest absolute Gasteiger partial charge is 0.435 e. The molecule has 0 saturated carbocycles. The fourth-order valence-electron chi connectivity index (χ4n) is 2.55. The minimum absolute atomic E-state index is 0.0503. The van der Waals surface area contributed by atoms with Gasteiger partial charge in [0.1, 0.15) is 0 Å². The molecule has 1 aliphatic heterocycles. The van der Waals surface area contributed by atoms with Gasteiger partial charge in [0.05, 0.1) is 23.0 Å². The number of carbonyl (C=O) groups excluding carboxylic acids is 1. The van der Waals surface area contributed by atoms with Crippen LogP contribution in [0.1, 0.15) is 23.7 Å². The Morgan fingerprint density at radius 2 is 1.78 bits per heavy atom. The summed E-state index contributed by atoms with van der Waals surface area (Å²) in [6.07, 6.45) is -8.83. The van der Waals surface area contributed by atoms with E-state index in [0.717, 1.165) is 18.3 Å². The highest BCUT2D eigenvalue weighted by Crippen LogP contribution is 2.35. The molecule has 0 radical (unpaired) electrons. The van der Waals surface area contributed by atoms with E-state index in [4.69, 9.17) is 0 Å². The second-order valence-corrected chi connectivity index (χ2v) is 5.68. The second kappa shape index (κ2) is 6.28. The van der Waals surface area contributed by atoms with Gasteiger partial charge in [-0.2, -0.15) is 36.5 Å². The van der Waals surface area contributed by atoms with Gasteiger partial charge in [-0.3, -0.25) is 0 Å². The van der Waals surface area contributed by atoms with Gasteiger partial charge in [-0.25, -0.2) is 14.9 Å². The monoisotopic (exact) mass is 391 g/mol. The number of halogens is 6. The van der Waals surface area contributed by atoms with Gasteiger partial charge in [0.2, 0.25) is 0 Å². The van der Waals surface area contributed by atoms with Crippen LogP contribution in [0.3, 0.4) is 0 Å². The van der Waals surface area contributed by atoms with Gasteiger partial charge in [-0.15, -0.1) is 0 Å². The van der Waals surface area contributed by atoms with E-state index in [1.807, 2.05) is 0 Å². The molecule has 144 valence electrons. The van der Waals surface area contributed by atoms with E-state index in [-0.39, 0.29) is 11.3 Å². The summed E-state index contributed by atoms with van der Waals surface area (Å²) in [4.78, 5) is 11.2. The van der Waals surface area contributed by atoms with Crippen LogP contribution in [0.25, 0.3) is 5.69 Å². The van der Waals surface area contributed by atoms with Gasteiger partial charge in [0.15, 0.2) is 5.69 Å². The molecule has 2 heterocycles. The summed E-state index contributed by atoms with van der Waals surface area (Å²) in [7, 11) is 0. The first-order chi connectivity index (χ1) is 12.5. The van der Waals surface area contributed by atoms with E-state index in [1.165, 1.54) is 13.0 Å². The van der Waals surface area contributed by atoms with Crippen molar-refractivity contribution in [2.45, 2.75) is 25.3 Å². The van der Waals surface area contributed by atoms with Crippen LogP contribution in [-0.2, 0) is 12.4 Å². The van der Waals surface area contributed by atoms with E-state index in [0.29, 0.717) is 10.7 Å². The topological polar surface area (TPSA) is 71.3 Å². The van der Waals surface area contributed by atoms with Crippen molar-refractivity contribution in [3.63, 3.8) is 0 Å². The predicted molar refractivity (Wildman–Crippen MR) is 81.2 cm³/mol. The molecule has 0 saturated heterocycles. The number of amides is 2. The number of carbonyl (C=O) groups is 1. The van der Waals surface area contributed by atoms with E-state index in [9.17, 15) is 31.1 Å². The van der Waals surface area contributed by atoms with Gasteiger partial charge in [-0.1, -0.05) is 6.07 Å². The third kappa shape index (κ3) is 3.73. The molecule has 2 aromatic rings. The van der Waals surface area contributed by atoms with Crippen molar-refractivity contribution in [2.75, 3.05) is 0 Å². The molecule has 27 heavy (non-hydrogen) atoms. The summed E-state index contributed by atoms with van der Waals surface area (Å²) in [5, 5.41) is 9.37. The Bertz CT molecular complexity index is 914. The average molecular weight is 391 g/mol. The molecule has 6 nitrogen and oxygen atoms in total. The molecule has 1 aromatic carbocycles. The fourth-order valence-corrected chi connectivity index (χ4v) is 2.55. The maximum atomic E-state index is 13.5. The van der Waals surface area contributed by atoms with Crippen LogP contribution in [0.2, 0.25) is 0 Å². The second-order valence-electron chi connectivity index (χ2n) is 5.68. The fraction of sp³-hybridized carbons (Fsp3) is 0.267. The van der Waals surface area contributed by atoms with Gasteiger partial charge in [0, 0.05) is 11.8 Å². The van der Waals surface area contributed by atoms with E-state index < -0.39 is 41.4 Å². The Balaban J connectivity index is 2.09. The molecular formula is C15H11F6N5O. The van der Waals surface area contributed by atoms with Crippen molar-refractivity contribution < 1.29 is 31.1 Å². The zero-order valence-corrected chi connectivity index (χ0v) is 13.5. The molecule has 0 spiro atoms. The van der Waals surface area contributed by atoms with Crippen molar-refractivity contribution in [1.29, 1.82) is 0 Å². The highest BCUT2D eigenvalue weighted by molar-refractivity contribution is 6.07. The maximum Gasteiger partial charge on any atom is 0.435 e. The van der Waals surface area contributed by atoms with Crippen molar-refractivity contribution in [3.05, 3.63) is 47.3 Å². The first-order valence-electron chi connectivity index (χ1n) is 7.46. The lowest BCUT2D eigenvalue weighted by Gasteiger charge is -2.22. The van der Waals surface area contributed by atoms with E-state index >= 15 is 0 Å². The SMILES string of the molecule is C[C@@H]1NC(=O)NN=C1c1ccc(-n2ccc(C(F)(F)F)n2)c(C(F)(F)F)c1. The Morgan fingerprint density at radius 3 is 2.33 bits per heavy atom. The molecule has 1 atom stereocenters. The van der Waals surface area contributed by atoms with Crippen LogP contribution in [-0.4, -0.2) is 27.6 Å². The van der Waals surface area contributed by atoms with Crippen LogP contribution in [0.5, 0.6) is 0 Å². The standard InChI is InChI=1S/C15H11F6N5O/c1-7-12(23-24-13(27)22-7)8-2-3-10(9(6-8)14(16,17)18)26-5-4-11(25-26)15(19,20)21/h2-7H,1H3,(H2,22,24,27)/t7-/m0/s1. The number of urea groups is 1. The number of hydrogen-bond donors (Lipinski definition) is 2. The average Bonchev–Trinajstić information content (AvgIpc) is 3.03. The summed E-state index contributed by atoms with van der Waals surface area (Å²) >= 11 is 0. The summed E-state index contributed by atoms with van der Waals surface area (Å²) in [5.41, 5.74) is -0.775. The van der Waals surface area contributed by atoms with Crippen LogP contribution in [0, 0.1) is 0 Å². The molecular weight excluding hydrogens is 380 g/mol. The Morgan fingerprint density at radius 1 is 1.07 bits per heavy atom. The number of hydrazone groups is 1. The normalized spacial score (nSPS) is 18.0. The molecule has 3 rings (SSSR count). The predicted octanol–water partition coefficient (Wildman–Crippen LogP) is 3.32. The quantitative estimate of drug-likeness (QED) is 0.772. The molecule has 0 aliphatic carbocycles. The molecule has 12 heteroatoms. The van der Waals surface area contributed by atoms with Crippen LogP contribution < -0.4 is 10.7 Å².